The molecule has 4 heteroatoms. The second-order valence-corrected chi connectivity index (χ2v) is 2.55. The summed E-state index contributed by atoms with van der Waals surface area (Å²) in [5.41, 5.74) is 6.66. The molecule has 0 spiro atoms. The fourth-order valence-electron chi connectivity index (χ4n) is 0.818. The average molecular weight is 162 g/mol. The van der Waals surface area contributed by atoms with Crippen molar-refractivity contribution in [1.82, 2.24) is 10.2 Å². The molecule has 1 aromatic heterocycles. The maximum absolute atomic E-state index is 5.66. The molecule has 0 radical (unpaired) electrons. The first kappa shape index (κ1) is 8.34. The van der Waals surface area contributed by atoms with E-state index < -0.39 is 0 Å². The van der Waals surface area contributed by atoms with E-state index in [2.05, 4.69) is 16.1 Å². The van der Waals surface area contributed by atoms with Crippen LogP contribution in [0.5, 0.6) is 0 Å². The quantitative estimate of drug-likeness (QED) is 0.595. The molecule has 0 unspecified atom stereocenters. The average Bonchev–Trinajstić information content (AvgIpc) is 2.03. The zero-order chi connectivity index (χ0) is 9.14. The van der Waals surface area contributed by atoms with Crippen LogP contribution in [0.25, 0.3) is 0 Å². The van der Waals surface area contributed by atoms with Gasteiger partial charge in [-0.2, -0.15) is 0 Å². The predicted octanol–water partition coefficient (Wildman–Crippen LogP) is 0.106. The van der Waals surface area contributed by atoms with E-state index in [1.807, 2.05) is 14.1 Å². The Morgan fingerprint density at radius 1 is 1.50 bits per heavy atom. The Labute approximate surface area is 71.4 Å². The SMILES string of the molecule is C#Cc1cc(N)c(N(C)C)nn1. The van der Waals surface area contributed by atoms with Crippen LogP contribution in [-0.4, -0.2) is 24.3 Å². The third kappa shape index (κ3) is 1.45. The second kappa shape index (κ2) is 3.09. The lowest BCUT2D eigenvalue weighted by Crippen LogP contribution is -2.14. The van der Waals surface area contributed by atoms with E-state index >= 15 is 0 Å². The molecule has 0 aliphatic rings. The van der Waals surface area contributed by atoms with Gasteiger partial charge in [-0.15, -0.1) is 16.6 Å². The highest BCUT2D eigenvalue weighted by Crippen LogP contribution is 2.16. The highest BCUT2D eigenvalue weighted by atomic mass is 15.2. The minimum atomic E-state index is 0.457. The lowest BCUT2D eigenvalue weighted by Gasteiger charge is -2.11. The number of terminal acetylenes is 1. The molecule has 0 aromatic carbocycles. The Morgan fingerprint density at radius 2 is 2.17 bits per heavy atom. The minimum absolute atomic E-state index is 0.457. The molecular formula is C8H10N4. The van der Waals surface area contributed by atoms with E-state index in [4.69, 9.17) is 12.2 Å². The molecule has 62 valence electrons. The van der Waals surface area contributed by atoms with Crippen LogP contribution in [0.3, 0.4) is 0 Å². The number of rotatable bonds is 1. The molecule has 1 heterocycles. The summed E-state index contributed by atoms with van der Waals surface area (Å²) in [4.78, 5) is 1.78. The summed E-state index contributed by atoms with van der Waals surface area (Å²) in [6.45, 7) is 0. The molecule has 0 atom stereocenters. The zero-order valence-electron chi connectivity index (χ0n) is 7.07. The number of nitrogens with two attached hydrogens (primary N) is 1. The van der Waals surface area contributed by atoms with Gasteiger partial charge in [0, 0.05) is 20.2 Å². The van der Waals surface area contributed by atoms with Gasteiger partial charge in [0.1, 0.15) is 5.69 Å². The van der Waals surface area contributed by atoms with Crippen molar-refractivity contribution >= 4 is 11.5 Å². The number of anilines is 2. The smallest absolute Gasteiger partial charge is 0.174 e. The third-order valence-corrected chi connectivity index (χ3v) is 1.37. The third-order valence-electron chi connectivity index (χ3n) is 1.37. The van der Waals surface area contributed by atoms with Crippen molar-refractivity contribution in [3.8, 4) is 12.3 Å². The number of hydrogen-bond donors (Lipinski definition) is 1. The number of aromatic nitrogens is 2. The van der Waals surface area contributed by atoms with Gasteiger partial charge in [-0.3, -0.25) is 0 Å². The van der Waals surface area contributed by atoms with Crippen LogP contribution in [0.1, 0.15) is 5.69 Å². The van der Waals surface area contributed by atoms with Crippen LogP contribution in [0.2, 0.25) is 0 Å². The molecule has 2 N–H and O–H groups in total. The predicted molar refractivity (Wildman–Crippen MR) is 48.7 cm³/mol. The molecule has 0 amide bonds. The van der Waals surface area contributed by atoms with Crippen LogP contribution in [0.15, 0.2) is 6.07 Å². The molecule has 1 rings (SSSR count). The summed E-state index contributed by atoms with van der Waals surface area (Å²) >= 11 is 0. The van der Waals surface area contributed by atoms with Gasteiger partial charge in [-0.25, -0.2) is 0 Å². The molecule has 4 nitrogen and oxygen atoms in total. The van der Waals surface area contributed by atoms with E-state index in [0.717, 1.165) is 0 Å². The summed E-state index contributed by atoms with van der Waals surface area (Å²) in [7, 11) is 3.69. The van der Waals surface area contributed by atoms with Gasteiger partial charge in [-0.1, -0.05) is 0 Å². The first-order valence-corrected chi connectivity index (χ1v) is 3.42. The molecule has 0 saturated carbocycles. The molecule has 0 aliphatic heterocycles. The topological polar surface area (TPSA) is 55.0 Å². The van der Waals surface area contributed by atoms with Crippen molar-refractivity contribution < 1.29 is 0 Å². The normalized spacial score (nSPS) is 9.08. The van der Waals surface area contributed by atoms with Gasteiger partial charge in [0.05, 0.1) is 5.69 Å². The number of nitrogens with zero attached hydrogens (tertiary/aromatic N) is 3. The van der Waals surface area contributed by atoms with Gasteiger partial charge >= 0.3 is 0 Å². The van der Waals surface area contributed by atoms with Gasteiger partial charge in [0.25, 0.3) is 0 Å². The monoisotopic (exact) mass is 162 g/mol. The summed E-state index contributed by atoms with van der Waals surface area (Å²) in [5, 5.41) is 7.63. The zero-order valence-corrected chi connectivity index (χ0v) is 7.07. The largest absolute Gasteiger partial charge is 0.396 e. The van der Waals surface area contributed by atoms with Crippen molar-refractivity contribution in [3.63, 3.8) is 0 Å². The van der Waals surface area contributed by atoms with Gasteiger partial charge in [-0.05, 0) is 5.92 Å². The van der Waals surface area contributed by atoms with Crippen molar-refractivity contribution in [1.29, 1.82) is 0 Å². The Hall–Kier alpha value is -1.76. The maximum Gasteiger partial charge on any atom is 0.174 e. The van der Waals surface area contributed by atoms with Crippen LogP contribution in [0.4, 0.5) is 11.5 Å². The van der Waals surface area contributed by atoms with Gasteiger partial charge in [0.15, 0.2) is 5.82 Å². The maximum atomic E-state index is 5.66. The molecule has 0 bridgehead atoms. The molecule has 0 fully saturated rings. The Morgan fingerprint density at radius 3 is 2.58 bits per heavy atom. The Balaban J connectivity index is 3.14. The lowest BCUT2D eigenvalue weighted by molar-refractivity contribution is 0.958. The Kier molecular flexibility index (Phi) is 2.15. The second-order valence-electron chi connectivity index (χ2n) is 2.55. The highest BCUT2D eigenvalue weighted by molar-refractivity contribution is 5.62. The standard InChI is InChI=1S/C8H10N4/c1-4-6-5-7(9)8(11-10-6)12(2)3/h1,5H,2-3H3,(H2,9,10). The van der Waals surface area contributed by atoms with Gasteiger partial charge in [0.2, 0.25) is 0 Å². The summed E-state index contributed by atoms with van der Waals surface area (Å²) in [5.74, 6) is 3.00. The number of nitrogen functional groups attached to an aromatic ring is 1. The van der Waals surface area contributed by atoms with Crippen LogP contribution in [0, 0.1) is 12.3 Å². The van der Waals surface area contributed by atoms with E-state index in [-0.39, 0.29) is 0 Å². The fraction of sp³-hybridized carbons (Fsp3) is 0.250. The minimum Gasteiger partial charge on any atom is -0.396 e. The number of hydrogen-bond acceptors (Lipinski definition) is 4. The van der Waals surface area contributed by atoms with E-state index in [0.29, 0.717) is 17.2 Å². The van der Waals surface area contributed by atoms with Crippen molar-refractivity contribution in [2.75, 3.05) is 24.7 Å². The van der Waals surface area contributed by atoms with E-state index in [1.54, 1.807) is 11.0 Å². The van der Waals surface area contributed by atoms with E-state index in [9.17, 15) is 0 Å². The summed E-state index contributed by atoms with van der Waals surface area (Å²) in [6.07, 6.45) is 5.12. The lowest BCUT2D eigenvalue weighted by atomic mass is 10.3. The van der Waals surface area contributed by atoms with Crippen LogP contribution >= 0.6 is 0 Å². The molecule has 0 saturated heterocycles. The van der Waals surface area contributed by atoms with E-state index in [1.165, 1.54) is 0 Å². The highest BCUT2D eigenvalue weighted by Gasteiger charge is 2.03. The van der Waals surface area contributed by atoms with Crippen LogP contribution < -0.4 is 10.6 Å². The van der Waals surface area contributed by atoms with Crippen molar-refractivity contribution in [2.24, 2.45) is 0 Å². The van der Waals surface area contributed by atoms with Crippen molar-refractivity contribution in [2.45, 2.75) is 0 Å². The summed E-state index contributed by atoms with van der Waals surface area (Å²) in [6, 6.07) is 1.63. The first-order valence-electron chi connectivity index (χ1n) is 3.42. The van der Waals surface area contributed by atoms with Crippen molar-refractivity contribution in [3.05, 3.63) is 11.8 Å². The molecular weight excluding hydrogens is 152 g/mol. The summed E-state index contributed by atoms with van der Waals surface area (Å²) < 4.78 is 0. The molecule has 0 aliphatic carbocycles. The fourth-order valence-corrected chi connectivity index (χ4v) is 0.818. The molecule has 12 heavy (non-hydrogen) atoms. The van der Waals surface area contributed by atoms with Gasteiger partial charge < -0.3 is 10.6 Å². The van der Waals surface area contributed by atoms with Crippen LogP contribution in [-0.2, 0) is 0 Å². The Bertz CT molecular complexity index is 324. The first-order chi connectivity index (χ1) is 5.65. The molecule has 1 aromatic rings.